The summed E-state index contributed by atoms with van der Waals surface area (Å²) in [6.07, 6.45) is 0.795. The van der Waals surface area contributed by atoms with Crippen LogP contribution in [-0.2, 0) is 11.3 Å². The molecule has 0 fully saturated rings. The van der Waals surface area contributed by atoms with Crippen LogP contribution in [0.15, 0.2) is 18.2 Å². The van der Waals surface area contributed by atoms with Crippen LogP contribution in [0.3, 0.4) is 0 Å². The van der Waals surface area contributed by atoms with E-state index < -0.39 is 12.0 Å². The van der Waals surface area contributed by atoms with Gasteiger partial charge >= 0.3 is 5.97 Å². The van der Waals surface area contributed by atoms with Gasteiger partial charge in [0.05, 0.1) is 7.11 Å². The molecule has 1 aromatic carbocycles. The summed E-state index contributed by atoms with van der Waals surface area (Å²) in [7, 11) is 1.48. The average molecular weight is 267 g/mol. The van der Waals surface area contributed by atoms with Crippen LogP contribution in [0, 0.1) is 5.92 Å². The Kier molecular flexibility index (Phi) is 5.63. The second-order valence-corrected chi connectivity index (χ2v) is 4.59. The van der Waals surface area contributed by atoms with Crippen LogP contribution in [0.5, 0.6) is 11.5 Å². The Bertz CT molecular complexity index is 433. The summed E-state index contributed by atoms with van der Waals surface area (Å²) in [6.45, 7) is 4.28. The van der Waals surface area contributed by atoms with Crippen LogP contribution < -0.4 is 10.1 Å². The van der Waals surface area contributed by atoms with Gasteiger partial charge < -0.3 is 20.3 Å². The molecule has 0 aliphatic rings. The maximum absolute atomic E-state index is 11.2. The average Bonchev–Trinajstić information content (AvgIpc) is 2.39. The molecule has 5 heteroatoms. The van der Waals surface area contributed by atoms with Gasteiger partial charge in [-0.05, 0) is 23.6 Å². The highest BCUT2D eigenvalue weighted by Gasteiger charge is 2.22. The normalized spacial score (nSPS) is 13.8. The van der Waals surface area contributed by atoms with Crippen LogP contribution in [0.4, 0.5) is 0 Å². The van der Waals surface area contributed by atoms with E-state index in [4.69, 9.17) is 4.74 Å². The first-order valence-electron chi connectivity index (χ1n) is 6.31. The second kappa shape index (κ2) is 6.99. The van der Waals surface area contributed by atoms with Crippen LogP contribution >= 0.6 is 0 Å². The van der Waals surface area contributed by atoms with Gasteiger partial charge in [0.1, 0.15) is 6.04 Å². The lowest BCUT2D eigenvalue weighted by Gasteiger charge is -2.20. The molecule has 1 rings (SSSR count). The van der Waals surface area contributed by atoms with Crippen molar-refractivity contribution in [3.05, 3.63) is 23.8 Å². The molecule has 0 radical (unpaired) electrons. The maximum Gasteiger partial charge on any atom is 0.320 e. The van der Waals surface area contributed by atoms with E-state index >= 15 is 0 Å². The molecule has 0 spiro atoms. The lowest BCUT2D eigenvalue weighted by Crippen LogP contribution is -2.41. The van der Waals surface area contributed by atoms with E-state index in [1.165, 1.54) is 13.2 Å². The Hall–Kier alpha value is -1.75. The molecule has 0 heterocycles. The number of hydrogen-bond acceptors (Lipinski definition) is 4. The van der Waals surface area contributed by atoms with Gasteiger partial charge in [0.2, 0.25) is 0 Å². The van der Waals surface area contributed by atoms with Crippen LogP contribution in [0.1, 0.15) is 25.8 Å². The highest BCUT2D eigenvalue weighted by Crippen LogP contribution is 2.26. The van der Waals surface area contributed by atoms with Crippen molar-refractivity contribution in [2.45, 2.75) is 32.9 Å². The van der Waals surface area contributed by atoms with Gasteiger partial charge in [-0.25, -0.2) is 0 Å². The Labute approximate surface area is 113 Å². The molecule has 2 unspecified atom stereocenters. The number of phenolic OH excluding ortho intramolecular Hbond substituents is 1. The van der Waals surface area contributed by atoms with E-state index in [1.54, 1.807) is 12.1 Å². The molecule has 0 aliphatic carbocycles. The van der Waals surface area contributed by atoms with Gasteiger partial charge in [-0.15, -0.1) is 0 Å². The van der Waals surface area contributed by atoms with E-state index in [0.717, 1.165) is 12.0 Å². The lowest BCUT2D eigenvalue weighted by molar-refractivity contribution is -0.140. The first-order chi connectivity index (χ1) is 8.99. The van der Waals surface area contributed by atoms with Gasteiger partial charge in [0, 0.05) is 6.54 Å². The van der Waals surface area contributed by atoms with E-state index in [-0.39, 0.29) is 11.7 Å². The first-order valence-corrected chi connectivity index (χ1v) is 6.31. The largest absolute Gasteiger partial charge is 0.504 e. The number of methoxy groups -OCH3 is 1. The van der Waals surface area contributed by atoms with Crippen molar-refractivity contribution in [2.75, 3.05) is 7.11 Å². The fourth-order valence-electron chi connectivity index (χ4n) is 1.83. The van der Waals surface area contributed by atoms with Crippen molar-refractivity contribution in [1.29, 1.82) is 0 Å². The predicted octanol–water partition coefficient (Wildman–Crippen LogP) is 1.99. The van der Waals surface area contributed by atoms with Crippen molar-refractivity contribution in [3.63, 3.8) is 0 Å². The maximum atomic E-state index is 11.2. The first kappa shape index (κ1) is 15.3. The number of rotatable bonds is 7. The Balaban J connectivity index is 2.71. The Morgan fingerprint density at radius 2 is 2.16 bits per heavy atom. The van der Waals surface area contributed by atoms with E-state index in [9.17, 15) is 15.0 Å². The van der Waals surface area contributed by atoms with Gasteiger partial charge in [-0.2, -0.15) is 0 Å². The lowest BCUT2D eigenvalue weighted by atomic mass is 9.99. The van der Waals surface area contributed by atoms with Crippen molar-refractivity contribution in [3.8, 4) is 11.5 Å². The highest BCUT2D eigenvalue weighted by molar-refractivity contribution is 5.73. The minimum absolute atomic E-state index is 0.0523. The fourth-order valence-corrected chi connectivity index (χ4v) is 1.83. The Morgan fingerprint density at radius 1 is 1.47 bits per heavy atom. The molecule has 2 atom stereocenters. The van der Waals surface area contributed by atoms with Crippen LogP contribution in [0.2, 0.25) is 0 Å². The third-order valence-electron chi connectivity index (χ3n) is 3.25. The summed E-state index contributed by atoms with van der Waals surface area (Å²) in [5, 5.41) is 21.7. The summed E-state index contributed by atoms with van der Waals surface area (Å²) < 4.78 is 5.01. The summed E-state index contributed by atoms with van der Waals surface area (Å²) in [4.78, 5) is 11.2. The summed E-state index contributed by atoms with van der Waals surface area (Å²) in [5.41, 5.74) is 0.865. The minimum atomic E-state index is -0.847. The molecule has 106 valence electrons. The zero-order chi connectivity index (χ0) is 14.4. The number of aromatic hydroxyl groups is 1. The number of phenols is 1. The number of benzene rings is 1. The van der Waals surface area contributed by atoms with E-state index in [2.05, 4.69) is 5.32 Å². The molecular weight excluding hydrogens is 246 g/mol. The number of carboxylic acid groups (broad SMARTS) is 1. The smallest absolute Gasteiger partial charge is 0.320 e. The van der Waals surface area contributed by atoms with E-state index in [1.807, 2.05) is 13.8 Å². The third-order valence-corrected chi connectivity index (χ3v) is 3.25. The standard InChI is InChI=1S/C14H21NO4/c1-4-9(2)13(14(17)18)15-8-10-5-6-11(16)12(7-10)19-3/h5-7,9,13,15-16H,4,8H2,1-3H3,(H,17,18). The molecule has 0 bridgehead atoms. The van der Waals surface area contributed by atoms with Gasteiger partial charge in [0.15, 0.2) is 11.5 Å². The quantitative estimate of drug-likeness (QED) is 0.704. The van der Waals surface area contributed by atoms with Gasteiger partial charge in [-0.1, -0.05) is 26.3 Å². The van der Waals surface area contributed by atoms with Crippen LogP contribution in [0.25, 0.3) is 0 Å². The number of aliphatic carboxylic acids is 1. The molecule has 0 saturated heterocycles. The van der Waals surface area contributed by atoms with Crippen molar-refractivity contribution in [1.82, 2.24) is 5.32 Å². The number of carboxylic acids is 1. The molecule has 0 amide bonds. The monoisotopic (exact) mass is 267 g/mol. The SMILES string of the molecule is CCC(C)C(NCc1ccc(O)c(OC)c1)C(=O)O. The van der Waals surface area contributed by atoms with E-state index in [0.29, 0.717) is 12.3 Å². The second-order valence-electron chi connectivity index (χ2n) is 4.59. The molecule has 0 aromatic heterocycles. The minimum Gasteiger partial charge on any atom is -0.504 e. The van der Waals surface area contributed by atoms with Crippen molar-refractivity contribution >= 4 is 5.97 Å². The molecule has 3 N–H and O–H groups in total. The fraction of sp³-hybridized carbons (Fsp3) is 0.500. The number of nitrogens with one attached hydrogen (secondary N) is 1. The number of carbonyl (C=O) groups is 1. The van der Waals surface area contributed by atoms with Crippen molar-refractivity contribution in [2.24, 2.45) is 5.92 Å². The molecule has 5 nitrogen and oxygen atoms in total. The summed E-state index contributed by atoms with van der Waals surface area (Å²) >= 11 is 0. The predicted molar refractivity (Wildman–Crippen MR) is 72.4 cm³/mol. The zero-order valence-corrected chi connectivity index (χ0v) is 11.5. The zero-order valence-electron chi connectivity index (χ0n) is 11.5. The topological polar surface area (TPSA) is 78.8 Å². The Morgan fingerprint density at radius 3 is 2.68 bits per heavy atom. The molecular formula is C14H21NO4. The number of ether oxygens (including phenoxy) is 1. The molecule has 1 aromatic rings. The summed E-state index contributed by atoms with van der Waals surface area (Å²) in [6, 6.07) is 4.39. The molecule has 0 aliphatic heterocycles. The van der Waals surface area contributed by atoms with Crippen molar-refractivity contribution < 1.29 is 19.7 Å². The summed E-state index contributed by atoms with van der Waals surface area (Å²) in [5.74, 6) is -0.339. The molecule has 19 heavy (non-hydrogen) atoms. The molecule has 0 saturated carbocycles. The van der Waals surface area contributed by atoms with Crippen LogP contribution in [-0.4, -0.2) is 29.3 Å². The number of hydrogen-bond donors (Lipinski definition) is 3. The van der Waals surface area contributed by atoms with Gasteiger partial charge in [-0.3, -0.25) is 4.79 Å². The van der Waals surface area contributed by atoms with Gasteiger partial charge in [0.25, 0.3) is 0 Å². The highest BCUT2D eigenvalue weighted by atomic mass is 16.5. The third kappa shape index (κ3) is 4.13.